The second-order valence-corrected chi connectivity index (χ2v) is 5.44. The molecule has 0 saturated carbocycles. The number of allylic oxidation sites excluding steroid dienone is 4. The lowest BCUT2D eigenvalue weighted by molar-refractivity contribution is 0.344. The maximum atomic E-state index is 7.93. The quantitative estimate of drug-likeness (QED) is 0.698. The third kappa shape index (κ3) is 2.01. The molecular formula is C15H22N2. The van der Waals surface area contributed by atoms with E-state index in [4.69, 9.17) is 10.4 Å². The van der Waals surface area contributed by atoms with Gasteiger partial charge >= 0.3 is 0 Å². The number of hydrogen-bond acceptors (Lipinski definition) is 2. The summed E-state index contributed by atoms with van der Waals surface area (Å²) in [7, 11) is 0. The lowest BCUT2D eigenvalue weighted by Crippen LogP contribution is -2.35. The van der Waals surface area contributed by atoms with Gasteiger partial charge in [0.15, 0.2) is 0 Å². The molecule has 2 rings (SSSR count). The summed E-state index contributed by atoms with van der Waals surface area (Å²) in [5.74, 6) is 0.567. The van der Waals surface area contributed by atoms with Crippen LogP contribution in [-0.2, 0) is 0 Å². The van der Waals surface area contributed by atoms with Gasteiger partial charge in [0.25, 0.3) is 0 Å². The molecule has 2 atom stereocenters. The summed E-state index contributed by atoms with van der Waals surface area (Å²) in [5.41, 5.74) is 4.31. The molecule has 2 heteroatoms. The molecule has 1 N–H and O–H groups in total. The monoisotopic (exact) mass is 230 g/mol. The lowest BCUT2D eigenvalue weighted by atomic mass is 9.74. The average Bonchev–Trinajstić information content (AvgIpc) is 2.33. The molecule has 2 unspecified atom stereocenters. The Kier molecular flexibility index (Phi) is 3.07. The van der Waals surface area contributed by atoms with Crippen LogP contribution < -0.4 is 0 Å². The van der Waals surface area contributed by atoms with Crippen molar-refractivity contribution in [1.29, 1.82) is 5.41 Å². The van der Waals surface area contributed by atoms with Gasteiger partial charge in [0.1, 0.15) is 0 Å². The van der Waals surface area contributed by atoms with Gasteiger partial charge in [0, 0.05) is 0 Å². The molecule has 2 aliphatic rings. The normalized spacial score (nSPS) is 32.6. The van der Waals surface area contributed by atoms with Gasteiger partial charge in [-0.1, -0.05) is 13.8 Å². The topological polar surface area (TPSA) is 36.2 Å². The minimum atomic E-state index is 0.0870. The highest BCUT2D eigenvalue weighted by Crippen LogP contribution is 2.39. The van der Waals surface area contributed by atoms with Crippen LogP contribution in [0.15, 0.2) is 28.3 Å². The highest BCUT2D eigenvalue weighted by atomic mass is 14.9. The second-order valence-electron chi connectivity index (χ2n) is 5.44. The van der Waals surface area contributed by atoms with E-state index in [0.717, 1.165) is 30.5 Å². The van der Waals surface area contributed by atoms with E-state index in [1.54, 1.807) is 0 Å². The summed E-state index contributed by atoms with van der Waals surface area (Å²) >= 11 is 0. The first-order valence-corrected chi connectivity index (χ1v) is 6.58. The molecule has 0 saturated heterocycles. The summed E-state index contributed by atoms with van der Waals surface area (Å²) < 4.78 is 0. The van der Waals surface area contributed by atoms with E-state index < -0.39 is 0 Å². The molecule has 0 amide bonds. The van der Waals surface area contributed by atoms with E-state index in [-0.39, 0.29) is 5.54 Å². The molecule has 2 nitrogen and oxygen atoms in total. The SMILES string of the molecule is CCC1CC(C)(CC)N=C2C=CC(=N)C(C)=C21. The molecule has 1 heterocycles. The zero-order chi connectivity index (χ0) is 12.6. The summed E-state index contributed by atoms with van der Waals surface area (Å²) in [5, 5.41) is 7.93. The van der Waals surface area contributed by atoms with Gasteiger partial charge in [-0.25, -0.2) is 0 Å². The van der Waals surface area contributed by atoms with Crippen molar-refractivity contribution in [2.45, 2.75) is 52.5 Å². The lowest BCUT2D eigenvalue weighted by Gasteiger charge is -2.38. The highest BCUT2D eigenvalue weighted by Gasteiger charge is 2.35. The van der Waals surface area contributed by atoms with E-state index in [1.165, 1.54) is 5.57 Å². The molecule has 1 aliphatic carbocycles. The fourth-order valence-corrected chi connectivity index (χ4v) is 2.87. The first-order valence-electron chi connectivity index (χ1n) is 6.58. The van der Waals surface area contributed by atoms with Crippen LogP contribution in [-0.4, -0.2) is 17.0 Å². The Morgan fingerprint density at radius 1 is 1.41 bits per heavy atom. The standard InChI is InChI=1S/C15H22N2/c1-5-11-9-15(4,6-2)17-13-8-7-12(16)10(3)14(11)13/h7-8,11,16H,5-6,9H2,1-4H3. The average molecular weight is 230 g/mol. The number of fused-ring (bicyclic) bond motifs is 1. The van der Waals surface area contributed by atoms with Crippen LogP contribution in [0.3, 0.4) is 0 Å². The molecule has 0 fully saturated rings. The minimum Gasteiger partial charge on any atom is -0.301 e. The summed E-state index contributed by atoms with van der Waals surface area (Å²) in [6.45, 7) is 8.77. The second kappa shape index (κ2) is 4.25. The van der Waals surface area contributed by atoms with Crippen molar-refractivity contribution in [3.63, 3.8) is 0 Å². The van der Waals surface area contributed by atoms with E-state index in [9.17, 15) is 0 Å². The van der Waals surface area contributed by atoms with E-state index in [2.05, 4.69) is 27.7 Å². The number of aliphatic imine (C=N–C) groups is 1. The maximum absolute atomic E-state index is 7.93. The van der Waals surface area contributed by atoms with Crippen LogP contribution in [0.4, 0.5) is 0 Å². The van der Waals surface area contributed by atoms with Gasteiger partial charge in [-0.3, -0.25) is 4.99 Å². The van der Waals surface area contributed by atoms with Crippen LogP contribution in [0.25, 0.3) is 0 Å². The van der Waals surface area contributed by atoms with Crippen molar-refractivity contribution in [3.8, 4) is 0 Å². The van der Waals surface area contributed by atoms with Crippen molar-refractivity contribution in [2.75, 3.05) is 0 Å². The summed E-state index contributed by atoms with van der Waals surface area (Å²) in [6, 6.07) is 0. The van der Waals surface area contributed by atoms with Gasteiger partial charge in [-0.05, 0) is 62.3 Å². The number of nitrogens with one attached hydrogen (secondary N) is 1. The fraction of sp³-hybridized carbons (Fsp3) is 0.600. The van der Waals surface area contributed by atoms with Crippen LogP contribution in [0, 0.1) is 11.3 Å². The van der Waals surface area contributed by atoms with Gasteiger partial charge < -0.3 is 5.41 Å². The van der Waals surface area contributed by atoms with Crippen LogP contribution in [0.1, 0.15) is 47.0 Å². The van der Waals surface area contributed by atoms with Crippen LogP contribution >= 0.6 is 0 Å². The Morgan fingerprint density at radius 3 is 2.71 bits per heavy atom. The smallest absolute Gasteiger partial charge is 0.0619 e. The molecule has 0 radical (unpaired) electrons. The van der Waals surface area contributed by atoms with Gasteiger partial charge in [0.2, 0.25) is 0 Å². The van der Waals surface area contributed by atoms with Gasteiger partial charge in [-0.2, -0.15) is 0 Å². The van der Waals surface area contributed by atoms with Crippen molar-refractivity contribution < 1.29 is 0 Å². The molecule has 0 aromatic rings. The molecule has 0 spiro atoms. The minimum absolute atomic E-state index is 0.0870. The first-order chi connectivity index (χ1) is 8.00. The van der Waals surface area contributed by atoms with Crippen LogP contribution in [0.2, 0.25) is 0 Å². The largest absolute Gasteiger partial charge is 0.301 e. The Labute approximate surface area is 104 Å². The zero-order valence-corrected chi connectivity index (χ0v) is 11.3. The van der Waals surface area contributed by atoms with E-state index in [1.807, 2.05) is 12.2 Å². The van der Waals surface area contributed by atoms with Crippen molar-refractivity contribution in [3.05, 3.63) is 23.3 Å². The molecule has 0 aromatic carbocycles. The van der Waals surface area contributed by atoms with Crippen LogP contribution in [0.5, 0.6) is 0 Å². The van der Waals surface area contributed by atoms with E-state index in [0.29, 0.717) is 11.6 Å². The Balaban J connectivity index is 2.53. The molecule has 0 bridgehead atoms. The molecule has 17 heavy (non-hydrogen) atoms. The third-order valence-corrected chi connectivity index (χ3v) is 4.23. The van der Waals surface area contributed by atoms with Crippen molar-refractivity contribution in [2.24, 2.45) is 10.9 Å². The number of rotatable bonds is 2. The predicted octanol–water partition coefficient (Wildman–Crippen LogP) is 3.93. The Bertz CT molecular complexity index is 440. The zero-order valence-electron chi connectivity index (χ0n) is 11.3. The maximum Gasteiger partial charge on any atom is 0.0619 e. The molecular weight excluding hydrogens is 208 g/mol. The molecule has 1 aliphatic heterocycles. The Hall–Kier alpha value is -1.18. The number of hydrogen-bond donors (Lipinski definition) is 1. The predicted molar refractivity (Wildman–Crippen MR) is 74.1 cm³/mol. The van der Waals surface area contributed by atoms with Crippen molar-refractivity contribution >= 4 is 11.4 Å². The van der Waals surface area contributed by atoms with E-state index >= 15 is 0 Å². The third-order valence-electron chi connectivity index (χ3n) is 4.23. The fourth-order valence-electron chi connectivity index (χ4n) is 2.87. The van der Waals surface area contributed by atoms with Gasteiger partial charge in [0.05, 0.1) is 17.0 Å². The Morgan fingerprint density at radius 2 is 2.12 bits per heavy atom. The molecule has 92 valence electrons. The summed E-state index contributed by atoms with van der Waals surface area (Å²) in [4.78, 5) is 4.91. The first kappa shape index (κ1) is 12.3. The summed E-state index contributed by atoms with van der Waals surface area (Å²) in [6.07, 6.45) is 7.26. The molecule has 0 aromatic heterocycles. The van der Waals surface area contributed by atoms with Crippen molar-refractivity contribution in [1.82, 2.24) is 0 Å². The van der Waals surface area contributed by atoms with Gasteiger partial charge in [-0.15, -0.1) is 0 Å². The highest BCUT2D eigenvalue weighted by molar-refractivity contribution is 6.23. The number of nitrogens with zero attached hydrogens (tertiary/aromatic N) is 1.